The van der Waals surface area contributed by atoms with Crippen molar-refractivity contribution in [2.45, 2.75) is 50.9 Å². The quantitative estimate of drug-likeness (QED) is 0.787. The number of hydrogen-bond acceptors (Lipinski definition) is 4. The number of fused-ring (bicyclic) bond motifs is 1. The average molecular weight is 385 g/mol. The maximum absolute atomic E-state index is 13.4. The molecule has 0 unspecified atom stereocenters. The van der Waals surface area contributed by atoms with Gasteiger partial charge in [-0.15, -0.1) is 0 Å². The first-order valence-corrected chi connectivity index (χ1v) is 9.69. The van der Waals surface area contributed by atoms with E-state index in [1.54, 1.807) is 27.9 Å². The molecule has 2 aliphatic heterocycles. The summed E-state index contributed by atoms with van der Waals surface area (Å²) >= 11 is 0. The van der Waals surface area contributed by atoms with Crippen molar-refractivity contribution < 1.29 is 14.0 Å². The first-order valence-electron chi connectivity index (χ1n) is 9.69. The van der Waals surface area contributed by atoms with Crippen LogP contribution in [0.4, 0.5) is 4.39 Å². The predicted molar refractivity (Wildman–Crippen MR) is 101 cm³/mol. The van der Waals surface area contributed by atoms with Gasteiger partial charge < -0.3 is 15.5 Å². The first-order chi connectivity index (χ1) is 13.5. The van der Waals surface area contributed by atoms with E-state index >= 15 is 0 Å². The van der Waals surface area contributed by atoms with Gasteiger partial charge in [0.1, 0.15) is 17.9 Å². The van der Waals surface area contributed by atoms with Crippen molar-refractivity contribution in [1.82, 2.24) is 25.3 Å². The Morgan fingerprint density at radius 2 is 2.21 bits per heavy atom. The van der Waals surface area contributed by atoms with E-state index in [9.17, 15) is 14.0 Å². The number of amides is 2. The zero-order chi connectivity index (χ0) is 19.7. The molecule has 28 heavy (non-hydrogen) atoms. The van der Waals surface area contributed by atoms with E-state index < -0.39 is 6.04 Å². The lowest BCUT2D eigenvalue weighted by Crippen LogP contribution is -2.61. The van der Waals surface area contributed by atoms with E-state index in [1.807, 2.05) is 13.1 Å². The van der Waals surface area contributed by atoms with Crippen LogP contribution in [-0.4, -0.2) is 51.2 Å². The summed E-state index contributed by atoms with van der Waals surface area (Å²) in [4.78, 5) is 26.6. The number of hydrogen-bond donors (Lipinski definition) is 2. The highest BCUT2D eigenvalue weighted by molar-refractivity contribution is 5.97. The fraction of sp³-hybridized carbons (Fsp3) is 0.450. The number of aromatic nitrogens is 2. The zero-order valence-corrected chi connectivity index (χ0v) is 15.8. The largest absolute Gasteiger partial charge is 0.343 e. The standard InChI is InChI=1S/C20H24FN5O2/c1-2-4-17-20(28)25-12-15(8-18(25)19(27)24-17)22-9-13-10-23-26(11-13)16-6-3-5-14(21)7-16/h3,5-7,10-11,15,17-18,22H,2,4,8-9,12H2,1H3,(H,24,27)/t15-,17-,18-/m0/s1. The van der Waals surface area contributed by atoms with E-state index in [0.717, 1.165) is 12.0 Å². The second kappa shape index (κ2) is 7.71. The van der Waals surface area contributed by atoms with Crippen molar-refractivity contribution in [2.24, 2.45) is 0 Å². The molecular formula is C20H24FN5O2. The number of nitrogens with zero attached hydrogens (tertiary/aromatic N) is 3. The Kier molecular flexibility index (Phi) is 5.13. The third kappa shape index (κ3) is 3.64. The van der Waals surface area contributed by atoms with Crippen LogP contribution in [0.25, 0.3) is 5.69 Å². The molecule has 2 amide bonds. The molecule has 8 heteroatoms. The number of rotatable bonds is 6. The monoisotopic (exact) mass is 385 g/mol. The molecule has 148 valence electrons. The summed E-state index contributed by atoms with van der Waals surface area (Å²) < 4.78 is 15.0. The van der Waals surface area contributed by atoms with Gasteiger partial charge in [0.05, 0.1) is 11.9 Å². The van der Waals surface area contributed by atoms with Gasteiger partial charge in [0.2, 0.25) is 11.8 Å². The molecule has 3 atom stereocenters. The van der Waals surface area contributed by atoms with Crippen LogP contribution >= 0.6 is 0 Å². The molecule has 2 N–H and O–H groups in total. The predicted octanol–water partition coefficient (Wildman–Crippen LogP) is 1.37. The number of nitrogens with one attached hydrogen (secondary N) is 2. The SMILES string of the molecule is CCC[C@@H]1NC(=O)[C@@H]2C[C@H](NCc3cnn(-c4cccc(F)c4)c3)CN2C1=O. The molecular weight excluding hydrogens is 361 g/mol. The summed E-state index contributed by atoms with van der Waals surface area (Å²) in [6.07, 6.45) is 5.71. The molecule has 2 fully saturated rings. The van der Waals surface area contributed by atoms with Crippen molar-refractivity contribution in [3.8, 4) is 5.69 Å². The molecule has 0 saturated carbocycles. The second-order valence-electron chi connectivity index (χ2n) is 7.44. The summed E-state index contributed by atoms with van der Waals surface area (Å²) in [7, 11) is 0. The number of piperazine rings is 1. The molecule has 1 aromatic heterocycles. The van der Waals surface area contributed by atoms with Crippen molar-refractivity contribution >= 4 is 11.8 Å². The molecule has 7 nitrogen and oxygen atoms in total. The lowest BCUT2D eigenvalue weighted by Gasteiger charge is -2.34. The van der Waals surface area contributed by atoms with Gasteiger partial charge in [-0.2, -0.15) is 5.10 Å². The minimum absolute atomic E-state index is 0.0228. The molecule has 2 aliphatic rings. The molecule has 0 radical (unpaired) electrons. The van der Waals surface area contributed by atoms with Crippen LogP contribution in [0, 0.1) is 5.82 Å². The van der Waals surface area contributed by atoms with Crippen LogP contribution in [-0.2, 0) is 16.1 Å². The van der Waals surface area contributed by atoms with Crippen molar-refractivity contribution in [3.05, 3.63) is 48.0 Å². The maximum Gasteiger partial charge on any atom is 0.245 e. The highest BCUT2D eigenvalue weighted by atomic mass is 19.1. The normalized spacial score (nSPS) is 24.4. The Bertz CT molecular complexity index is 883. The zero-order valence-electron chi connectivity index (χ0n) is 15.8. The molecule has 2 saturated heterocycles. The lowest BCUT2D eigenvalue weighted by atomic mass is 10.0. The van der Waals surface area contributed by atoms with E-state index in [-0.39, 0.29) is 29.7 Å². The van der Waals surface area contributed by atoms with Gasteiger partial charge in [-0.3, -0.25) is 9.59 Å². The van der Waals surface area contributed by atoms with Gasteiger partial charge in [0.15, 0.2) is 0 Å². The van der Waals surface area contributed by atoms with Gasteiger partial charge in [-0.25, -0.2) is 9.07 Å². The van der Waals surface area contributed by atoms with Crippen molar-refractivity contribution in [1.29, 1.82) is 0 Å². The Balaban J connectivity index is 1.37. The van der Waals surface area contributed by atoms with Gasteiger partial charge >= 0.3 is 0 Å². The van der Waals surface area contributed by atoms with Crippen LogP contribution in [0.3, 0.4) is 0 Å². The Labute approximate surface area is 162 Å². The highest BCUT2D eigenvalue weighted by Crippen LogP contribution is 2.24. The van der Waals surface area contributed by atoms with Gasteiger partial charge in [-0.1, -0.05) is 19.4 Å². The molecule has 0 spiro atoms. The summed E-state index contributed by atoms with van der Waals surface area (Å²) in [6, 6.07) is 5.54. The fourth-order valence-corrected chi connectivity index (χ4v) is 3.96. The van der Waals surface area contributed by atoms with Crippen molar-refractivity contribution in [3.63, 3.8) is 0 Å². The molecule has 1 aromatic carbocycles. The van der Waals surface area contributed by atoms with Crippen LogP contribution < -0.4 is 10.6 Å². The molecule has 4 rings (SSSR count). The summed E-state index contributed by atoms with van der Waals surface area (Å²) in [5, 5.41) is 10.6. The summed E-state index contributed by atoms with van der Waals surface area (Å²) in [5.41, 5.74) is 1.61. The Morgan fingerprint density at radius 1 is 1.36 bits per heavy atom. The lowest BCUT2D eigenvalue weighted by molar-refractivity contribution is -0.147. The van der Waals surface area contributed by atoms with Gasteiger partial charge in [-0.05, 0) is 31.0 Å². The maximum atomic E-state index is 13.4. The van der Waals surface area contributed by atoms with Gasteiger partial charge in [0, 0.05) is 30.9 Å². The van der Waals surface area contributed by atoms with Crippen LogP contribution in [0.1, 0.15) is 31.7 Å². The van der Waals surface area contributed by atoms with Crippen LogP contribution in [0.15, 0.2) is 36.7 Å². The minimum atomic E-state index is -0.392. The van der Waals surface area contributed by atoms with E-state index in [2.05, 4.69) is 15.7 Å². The number of halogens is 1. The number of carbonyl (C=O) groups excluding carboxylic acids is 2. The Hall–Kier alpha value is -2.74. The van der Waals surface area contributed by atoms with Crippen LogP contribution in [0.5, 0.6) is 0 Å². The van der Waals surface area contributed by atoms with Crippen molar-refractivity contribution in [2.75, 3.05) is 6.54 Å². The molecule has 0 aliphatic carbocycles. The van der Waals surface area contributed by atoms with E-state index in [1.165, 1.54) is 12.1 Å². The van der Waals surface area contributed by atoms with Crippen LogP contribution in [0.2, 0.25) is 0 Å². The molecule has 3 heterocycles. The highest BCUT2D eigenvalue weighted by Gasteiger charge is 2.45. The second-order valence-corrected chi connectivity index (χ2v) is 7.44. The topological polar surface area (TPSA) is 79.3 Å². The smallest absolute Gasteiger partial charge is 0.245 e. The summed E-state index contributed by atoms with van der Waals surface area (Å²) in [5.74, 6) is -0.337. The third-order valence-electron chi connectivity index (χ3n) is 5.38. The fourth-order valence-electron chi connectivity index (χ4n) is 3.96. The third-order valence-corrected chi connectivity index (χ3v) is 5.38. The molecule has 0 bridgehead atoms. The number of carbonyl (C=O) groups is 2. The first kappa shape index (κ1) is 18.6. The van der Waals surface area contributed by atoms with Gasteiger partial charge in [0.25, 0.3) is 0 Å². The van der Waals surface area contributed by atoms with E-state index in [4.69, 9.17) is 0 Å². The minimum Gasteiger partial charge on any atom is -0.343 e. The summed E-state index contributed by atoms with van der Waals surface area (Å²) in [6.45, 7) is 3.10. The van der Waals surface area contributed by atoms with E-state index in [0.29, 0.717) is 31.6 Å². The average Bonchev–Trinajstić information content (AvgIpc) is 3.32. The molecule has 2 aromatic rings. The number of benzene rings is 1. The Morgan fingerprint density at radius 3 is 3.00 bits per heavy atom.